The molecule has 0 spiro atoms. The van der Waals surface area contributed by atoms with Crippen LogP contribution in [0, 0.1) is 0 Å². The minimum atomic E-state index is 0. The molecule has 14 heavy (non-hydrogen) atoms. The molecule has 0 saturated heterocycles. The van der Waals surface area contributed by atoms with Crippen LogP contribution in [0.15, 0.2) is 11.1 Å². The van der Waals surface area contributed by atoms with Crippen LogP contribution >= 0.6 is 24.0 Å². The smallest absolute Gasteiger partial charge is 0.0256 e. The van der Waals surface area contributed by atoms with Crippen molar-refractivity contribution >= 4 is 24.0 Å². The Balaban J connectivity index is 0. The van der Waals surface area contributed by atoms with Gasteiger partial charge in [-0.15, -0.1) is 24.0 Å². The third kappa shape index (κ3) is 5.35. The molecular formula is C12H26IN. The maximum atomic E-state index is 6.00. The summed E-state index contributed by atoms with van der Waals surface area (Å²) >= 11 is 0. The topological polar surface area (TPSA) is 26.0 Å². The number of halogens is 1. The molecule has 0 aromatic heterocycles. The van der Waals surface area contributed by atoms with Crippen molar-refractivity contribution in [3.05, 3.63) is 11.1 Å². The van der Waals surface area contributed by atoms with Gasteiger partial charge in [-0.3, -0.25) is 0 Å². The summed E-state index contributed by atoms with van der Waals surface area (Å²) in [4.78, 5) is 0. The third-order valence-electron chi connectivity index (χ3n) is 2.74. The number of allylic oxidation sites excluding steroid dienone is 1. The summed E-state index contributed by atoms with van der Waals surface area (Å²) in [6, 6.07) is 0.378. The first-order valence-corrected chi connectivity index (χ1v) is 5.69. The van der Waals surface area contributed by atoms with E-state index in [1.807, 2.05) is 13.8 Å². The molecule has 1 nitrogen and oxygen atoms in total. The SMILES string of the molecule is CC.CC/C(C)=C1\CCCCC1N.I. The van der Waals surface area contributed by atoms with Gasteiger partial charge in [0.25, 0.3) is 0 Å². The Labute approximate surface area is 107 Å². The van der Waals surface area contributed by atoms with E-state index < -0.39 is 0 Å². The van der Waals surface area contributed by atoms with Crippen LogP contribution in [-0.4, -0.2) is 6.04 Å². The second-order valence-electron chi connectivity index (χ2n) is 3.51. The number of nitrogens with two attached hydrogens (primary N) is 1. The summed E-state index contributed by atoms with van der Waals surface area (Å²) < 4.78 is 0. The van der Waals surface area contributed by atoms with E-state index in [1.54, 1.807) is 5.57 Å². The molecule has 0 amide bonds. The highest BCUT2D eigenvalue weighted by Gasteiger charge is 2.15. The van der Waals surface area contributed by atoms with Crippen molar-refractivity contribution in [2.75, 3.05) is 0 Å². The summed E-state index contributed by atoms with van der Waals surface area (Å²) in [6.07, 6.45) is 6.29. The highest BCUT2D eigenvalue weighted by atomic mass is 127. The summed E-state index contributed by atoms with van der Waals surface area (Å²) in [5, 5.41) is 0. The fraction of sp³-hybridized carbons (Fsp3) is 0.833. The maximum Gasteiger partial charge on any atom is 0.0256 e. The third-order valence-corrected chi connectivity index (χ3v) is 2.74. The predicted octanol–water partition coefficient (Wildman–Crippen LogP) is 4.26. The molecule has 0 aromatic rings. The molecule has 2 heteroatoms. The van der Waals surface area contributed by atoms with Gasteiger partial charge in [0.05, 0.1) is 0 Å². The van der Waals surface area contributed by atoms with Gasteiger partial charge < -0.3 is 5.73 Å². The largest absolute Gasteiger partial charge is 0.324 e. The van der Waals surface area contributed by atoms with E-state index in [2.05, 4.69) is 13.8 Å². The van der Waals surface area contributed by atoms with Crippen LogP contribution in [0.2, 0.25) is 0 Å². The Morgan fingerprint density at radius 1 is 1.36 bits per heavy atom. The van der Waals surface area contributed by atoms with Gasteiger partial charge in [0.1, 0.15) is 0 Å². The van der Waals surface area contributed by atoms with Crippen LogP contribution in [0.1, 0.15) is 59.8 Å². The molecule has 1 aliphatic rings. The molecule has 0 bridgehead atoms. The van der Waals surface area contributed by atoms with E-state index in [4.69, 9.17) is 5.73 Å². The Bertz CT molecular complexity index is 164. The minimum absolute atomic E-state index is 0. The molecule has 1 fully saturated rings. The molecule has 0 radical (unpaired) electrons. The fourth-order valence-corrected chi connectivity index (χ4v) is 1.80. The molecule has 2 N–H and O–H groups in total. The maximum absolute atomic E-state index is 6.00. The van der Waals surface area contributed by atoms with E-state index in [-0.39, 0.29) is 24.0 Å². The number of hydrogen-bond donors (Lipinski definition) is 1. The van der Waals surface area contributed by atoms with Gasteiger partial charge in [0.15, 0.2) is 0 Å². The van der Waals surface area contributed by atoms with Crippen molar-refractivity contribution in [2.45, 2.75) is 65.8 Å². The standard InChI is InChI=1S/C10H19N.C2H6.HI/c1-3-8(2)9-6-4-5-7-10(9)11;1-2;/h10H,3-7,11H2,1-2H3;1-2H3;1H/b9-8+;;. The van der Waals surface area contributed by atoms with Crippen LogP contribution in [-0.2, 0) is 0 Å². The zero-order chi connectivity index (χ0) is 10.3. The summed E-state index contributed by atoms with van der Waals surface area (Å²) in [5.41, 5.74) is 9.06. The van der Waals surface area contributed by atoms with Crippen molar-refractivity contribution in [2.24, 2.45) is 5.73 Å². The molecule has 0 aliphatic heterocycles. The highest BCUT2D eigenvalue weighted by Crippen LogP contribution is 2.25. The minimum Gasteiger partial charge on any atom is -0.324 e. The summed E-state index contributed by atoms with van der Waals surface area (Å²) in [6.45, 7) is 8.43. The Morgan fingerprint density at radius 2 is 1.93 bits per heavy atom. The first-order chi connectivity index (χ1) is 6.25. The average molecular weight is 311 g/mol. The van der Waals surface area contributed by atoms with Gasteiger partial charge in [-0.2, -0.15) is 0 Å². The zero-order valence-electron chi connectivity index (χ0n) is 10.1. The second-order valence-corrected chi connectivity index (χ2v) is 3.51. The summed E-state index contributed by atoms with van der Waals surface area (Å²) in [7, 11) is 0. The Morgan fingerprint density at radius 3 is 2.36 bits per heavy atom. The van der Waals surface area contributed by atoms with Crippen LogP contribution in [0.3, 0.4) is 0 Å². The van der Waals surface area contributed by atoms with Crippen molar-refractivity contribution < 1.29 is 0 Å². The molecule has 1 rings (SSSR count). The predicted molar refractivity (Wildman–Crippen MR) is 76.2 cm³/mol. The number of rotatable bonds is 1. The lowest BCUT2D eigenvalue weighted by Gasteiger charge is -2.23. The van der Waals surface area contributed by atoms with Crippen molar-refractivity contribution in [1.29, 1.82) is 0 Å². The van der Waals surface area contributed by atoms with Crippen molar-refractivity contribution in [1.82, 2.24) is 0 Å². The van der Waals surface area contributed by atoms with Crippen LogP contribution in [0.4, 0.5) is 0 Å². The average Bonchev–Trinajstić information content (AvgIpc) is 2.20. The Kier molecular flexibility index (Phi) is 12.0. The fourth-order valence-electron chi connectivity index (χ4n) is 1.80. The van der Waals surface area contributed by atoms with Gasteiger partial charge in [-0.05, 0) is 32.6 Å². The van der Waals surface area contributed by atoms with E-state index in [0.29, 0.717) is 6.04 Å². The zero-order valence-corrected chi connectivity index (χ0v) is 12.4. The van der Waals surface area contributed by atoms with Gasteiger partial charge in [-0.1, -0.05) is 38.3 Å². The molecule has 0 aromatic carbocycles. The molecule has 0 heterocycles. The van der Waals surface area contributed by atoms with Crippen molar-refractivity contribution in [3.8, 4) is 0 Å². The van der Waals surface area contributed by atoms with Crippen LogP contribution < -0.4 is 5.73 Å². The van der Waals surface area contributed by atoms with Gasteiger partial charge in [-0.25, -0.2) is 0 Å². The monoisotopic (exact) mass is 311 g/mol. The number of hydrogen-bond acceptors (Lipinski definition) is 1. The molecular weight excluding hydrogens is 285 g/mol. The highest BCUT2D eigenvalue weighted by molar-refractivity contribution is 14.0. The van der Waals surface area contributed by atoms with Gasteiger partial charge >= 0.3 is 0 Å². The molecule has 1 unspecified atom stereocenters. The van der Waals surface area contributed by atoms with Crippen LogP contribution in [0.25, 0.3) is 0 Å². The molecule has 1 saturated carbocycles. The normalized spacial score (nSPS) is 24.2. The van der Waals surface area contributed by atoms with E-state index in [9.17, 15) is 0 Å². The van der Waals surface area contributed by atoms with E-state index >= 15 is 0 Å². The Hall–Kier alpha value is 0.430. The van der Waals surface area contributed by atoms with E-state index in [1.165, 1.54) is 37.7 Å². The van der Waals surface area contributed by atoms with Gasteiger partial charge in [0.2, 0.25) is 0 Å². The molecule has 1 atom stereocenters. The molecule has 1 aliphatic carbocycles. The lowest BCUT2D eigenvalue weighted by atomic mass is 9.87. The lowest BCUT2D eigenvalue weighted by molar-refractivity contribution is 0.529. The lowest BCUT2D eigenvalue weighted by Crippen LogP contribution is -2.26. The summed E-state index contributed by atoms with van der Waals surface area (Å²) in [5.74, 6) is 0. The molecule has 86 valence electrons. The quantitative estimate of drug-likeness (QED) is 0.568. The first-order valence-electron chi connectivity index (χ1n) is 5.69. The van der Waals surface area contributed by atoms with Crippen molar-refractivity contribution in [3.63, 3.8) is 0 Å². The van der Waals surface area contributed by atoms with Gasteiger partial charge in [0, 0.05) is 6.04 Å². The first kappa shape index (κ1) is 16.8. The van der Waals surface area contributed by atoms with E-state index in [0.717, 1.165) is 0 Å². The second kappa shape index (κ2) is 9.97. The van der Waals surface area contributed by atoms with Crippen LogP contribution in [0.5, 0.6) is 0 Å².